The average molecular weight is 340 g/mol. The lowest BCUT2D eigenvalue weighted by Crippen LogP contribution is -2.38. The van der Waals surface area contributed by atoms with Gasteiger partial charge in [-0.15, -0.1) is 0 Å². The molecule has 25 heavy (non-hydrogen) atoms. The minimum atomic E-state index is -0.865. The minimum Gasteiger partial charge on any atom is -0.507 e. The van der Waals surface area contributed by atoms with E-state index in [2.05, 4.69) is 0 Å². The zero-order valence-corrected chi connectivity index (χ0v) is 14.7. The number of aromatic hydroxyl groups is 2. The van der Waals surface area contributed by atoms with Crippen LogP contribution in [0.15, 0.2) is 22.8 Å². The molecule has 0 aromatic heterocycles. The van der Waals surface area contributed by atoms with E-state index in [9.17, 15) is 19.8 Å². The van der Waals surface area contributed by atoms with Gasteiger partial charge in [-0.25, -0.2) is 0 Å². The van der Waals surface area contributed by atoms with Crippen molar-refractivity contribution in [2.24, 2.45) is 0 Å². The van der Waals surface area contributed by atoms with Crippen LogP contribution in [0.1, 0.15) is 61.5 Å². The number of ketones is 2. The second kappa shape index (κ2) is 4.75. The van der Waals surface area contributed by atoms with E-state index in [1.54, 1.807) is 6.92 Å². The Morgan fingerprint density at radius 3 is 2.52 bits per heavy atom. The Kier molecular flexibility index (Phi) is 3.03. The van der Waals surface area contributed by atoms with Gasteiger partial charge in [0, 0.05) is 28.9 Å². The smallest absolute Gasteiger partial charge is 0.190 e. The second-order valence-electron chi connectivity index (χ2n) is 7.51. The standard InChI is InChI=1S/C20H20O5/c1-8-7-25-19-14(8)17(23)15-12(21)5-11-9(2)10(3)13(22)6-20(11,4)16(15)18(19)24/h5,8,23-24H,6-7H2,1-4H3/t8-,20+/m1/s1. The highest BCUT2D eigenvalue weighted by atomic mass is 16.5. The van der Waals surface area contributed by atoms with Gasteiger partial charge in [0.15, 0.2) is 23.1 Å². The molecule has 2 atom stereocenters. The molecule has 1 aromatic carbocycles. The van der Waals surface area contributed by atoms with Crippen LogP contribution in [0.3, 0.4) is 0 Å². The molecule has 0 spiro atoms. The van der Waals surface area contributed by atoms with Crippen molar-refractivity contribution in [3.63, 3.8) is 0 Å². The summed E-state index contributed by atoms with van der Waals surface area (Å²) in [7, 11) is 0. The first-order valence-electron chi connectivity index (χ1n) is 8.41. The number of carbonyl (C=O) groups is 2. The fraction of sp³-hybridized carbons (Fsp3) is 0.400. The maximum absolute atomic E-state index is 12.8. The third-order valence-electron chi connectivity index (χ3n) is 5.98. The Bertz CT molecular complexity index is 934. The van der Waals surface area contributed by atoms with E-state index in [1.165, 1.54) is 6.08 Å². The fourth-order valence-corrected chi connectivity index (χ4v) is 4.46. The molecule has 0 unspecified atom stereocenters. The molecule has 5 heteroatoms. The summed E-state index contributed by atoms with van der Waals surface area (Å²) in [4.78, 5) is 25.3. The fourth-order valence-electron chi connectivity index (χ4n) is 4.46. The van der Waals surface area contributed by atoms with Crippen molar-refractivity contribution < 1.29 is 24.5 Å². The summed E-state index contributed by atoms with van der Waals surface area (Å²) in [6, 6.07) is 0. The van der Waals surface area contributed by atoms with Crippen LogP contribution in [0.4, 0.5) is 0 Å². The first kappa shape index (κ1) is 15.9. The normalized spacial score (nSPS) is 27.5. The van der Waals surface area contributed by atoms with E-state index >= 15 is 0 Å². The Labute approximate surface area is 145 Å². The number of allylic oxidation sites excluding steroid dienone is 4. The summed E-state index contributed by atoms with van der Waals surface area (Å²) < 4.78 is 5.59. The summed E-state index contributed by atoms with van der Waals surface area (Å²) in [5, 5.41) is 21.7. The van der Waals surface area contributed by atoms with Crippen molar-refractivity contribution in [2.75, 3.05) is 6.61 Å². The number of benzene rings is 1. The van der Waals surface area contributed by atoms with Gasteiger partial charge < -0.3 is 14.9 Å². The third kappa shape index (κ3) is 1.78. The number of rotatable bonds is 0. The van der Waals surface area contributed by atoms with Crippen LogP contribution in [0.2, 0.25) is 0 Å². The van der Waals surface area contributed by atoms with Gasteiger partial charge in [-0.2, -0.15) is 0 Å². The summed E-state index contributed by atoms with van der Waals surface area (Å²) in [5.41, 5.74) is 2.12. The maximum atomic E-state index is 12.8. The van der Waals surface area contributed by atoms with E-state index in [1.807, 2.05) is 20.8 Å². The van der Waals surface area contributed by atoms with E-state index in [-0.39, 0.29) is 46.7 Å². The topological polar surface area (TPSA) is 83.8 Å². The molecule has 0 saturated carbocycles. The molecule has 1 aromatic rings. The molecule has 0 radical (unpaired) electrons. The van der Waals surface area contributed by atoms with Gasteiger partial charge in [0.2, 0.25) is 0 Å². The van der Waals surface area contributed by atoms with Gasteiger partial charge in [0.05, 0.1) is 12.2 Å². The lowest BCUT2D eigenvalue weighted by Gasteiger charge is -2.41. The van der Waals surface area contributed by atoms with E-state index < -0.39 is 5.41 Å². The molecule has 0 saturated heterocycles. The Hall–Kier alpha value is -2.56. The van der Waals surface area contributed by atoms with Crippen LogP contribution < -0.4 is 4.74 Å². The number of hydrogen-bond donors (Lipinski definition) is 2. The van der Waals surface area contributed by atoms with Gasteiger partial charge >= 0.3 is 0 Å². The zero-order chi connectivity index (χ0) is 18.3. The number of carbonyl (C=O) groups excluding carboxylic acids is 2. The minimum absolute atomic E-state index is 0.0221. The molecule has 0 bridgehead atoms. The molecule has 4 rings (SSSR count). The Morgan fingerprint density at radius 2 is 1.84 bits per heavy atom. The van der Waals surface area contributed by atoms with E-state index in [4.69, 9.17) is 4.74 Å². The number of fused-ring (bicyclic) bond motifs is 4. The molecule has 3 aliphatic rings. The molecule has 1 aliphatic heterocycles. The average Bonchev–Trinajstić information content (AvgIpc) is 2.94. The van der Waals surface area contributed by atoms with Crippen molar-refractivity contribution in [1.29, 1.82) is 0 Å². The predicted octanol–water partition coefficient (Wildman–Crippen LogP) is 3.28. The first-order chi connectivity index (χ1) is 11.7. The summed E-state index contributed by atoms with van der Waals surface area (Å²) in [6.45, 7) is 7.61. The lowest BCUT2D eigenvalue weighted by molar-refractivity contribution is -0.116. The number of phenolic OH excluding ortho intramolecular Hbond substituents is 2. The summed E-state index contributed by atoms with van der Waals surface area (Å²) in [5.74, 6) is -0.520. The van der Waals surface area contributed by atoms with Crippen LogP contribution in [0.25, 0.3) is 0 Å². The highest BCUT2D eigenvalue weighted by Gasteiger charge is 2.49. The predicted molar refractivity (Wildman–Crippen MR) is 91.4 cm³/mol. The van der Waals surface area contributed by atoms with Crippen LogP contribution in [-0.4, -0.2) is 28.4 Å². The second-order valence-corrected chi connectivity index (χ2v) is 7.51. The Morgan fingerprint density at radius 1 is 1.16 bits per heavy atom. The zero-order valence-electron chi connectivity index (χ0n) is 14.7. The van der Waals surface area contributed by atoms with Gasteiger partial charge in [-0.05, 0) is 36.6 Å². The highest BCUT2D eigenvalue weighted by molar-refractivity contribution is 6.13. The molecule has 0 fully saturated rings. The van der Waals surface area contributed by atoms with Crippen molar-refractivity contribution in [2.45, 2.75) is 45.4 Å². The SMILES string of the molecule is CC1=C(C)C2=CC(=O)c3c(O)c4c(c(O)c3[C@@]2(C)CC1=O)OC[C@H]4C. The van der Waals surface area contributed by atoms with Gasteiger partial charge in [0.25, 0.3) is 0 Å². The Balaban J connectivity index is 2.11. The van der Waals surface area contributed by atoms with Crippen molar-refractivity contribution in [3.8, 4) is 17.2 Å². The van der Waals surface area contributed by atoms with E-state index in [0.717, 1.165) is 11.1 Å². The summed E-state index contributed by atoms with van der Waals surface area (Å²) >= 11 is 0. The molecule has 5 nitrogen and oxygen atoms in total. The maximum Gasteiger partial charge on any atom is 0.190 e. The monoisotopic (exact) mass is 340 g/mol. The highest BCUT2D eigenvalue weighted by Crippen LogP contribution is 2.58. The number of Topliss-reactive ketones (excluding diaryl/α,β-unsaturated/α-hetero) is 1. The van der Waals surface area contributed by atoms with Gasteiger partial charge in [0.1, 0.15) is 5.75 Å². The number of ether oxygens (including phenoxy) is 1. The van der Waals surface area contributed by atoms with Crippen LogP contribution >= 0.6 is 0 Å². The largest absolute Gasteiger partial charge is 0.507 e. The van der Waals surface area contributed by atoms with Crippen molar-refractivity contribution in [1.82, 2.24) is 0 Å². The molecule has 2 N–H and O–H groups in total. The van der Waals surface area contributed by atoms with Gasteiger partial charge in [-0.3, -0.25) is 9.59 Å². The number of phenols is 2. The molecule has 130 valence electrons. The molecule has 2 aliphatic carbocycles. The van der Waals surface area contributed by atoms with Crippen LogP contribution in [-0.2, 0) is 10.2 Å². The van der Waals surface area contributed by atoms with Crippen LogP contribution in [0.5, 0.6) is 17.2 Å². The van der Waals surface area contributed by atoms with Crippen LogP contribution in [0, 0.1) is 0 Å². The molecular weight excluding hydrogens is 320 g/mol. The summed E-state index contributed by atoms with van der Waals surface area (Å²) in [6.07, 6.45) is 1.64. The van der Waals surface area contributed by atoms with Crippen molar-refractivity contribution in [3.05, 3.63) is 39.5 Å². The first-order valence-corrected chi connectivity index (χ1v) is 8.41. The van der Waals surface area contributed by atoms with Crippen molar-refractivity contribution >= 4 is 11.6 Å². The third-order valence-corrected chi connectivity index (χ3v) is 5.98. The molecular formula is C20H20O5. The quantitative estimate of drug-likeness (QED) is 0.708. The number of hydrogen-bond acceptors (Lipinski definition) is 5. The van der Waals surface area contributed by atoms with E-state index in [0.29, 0.717) is 23.3 Å². The van der Waals surface area contributed by atoms with Gasteiger partial charge in [-0.1, -0.05) is 13.8 Å². The molecule has 0 amide bonds. The lowest BCUT2D eigenvalue weighted by atomic mass is 9.60. The molecule has 1 heterocycles.